The molecule has 1 heterocycles. The lowest BCUT2D eigenvalue weighted by Gasteiger charge is -2.18. The maximum absolute atomic E-state index is 12.0. The summed E-state index contributed by atoms with van der Waals surface area (Å²) >= 11 is 12.1. The second kappa shape index (κ2) is 5.34. The number of carbonyl (C=O) groups excluding carboxylic acids is 1. The van der Waals surface area contributed by atoms with Crippen LogP contribution >= 0.6 is 23.2 Å². The summed E-state index contributed by atoms with van der Waals surface area (Å²) in [6, 6.07) is 3.31. The molecule has 1 saturated heterocycles. The minimum absolute atomic E-state index is 0.0678. The molecule has 0 aromatic heterocycles. The second-order valence-electron chi connectivity index (χ2n) is 4.46. The lowest BCUT2D eigenvalue weighted by atomic mass is 10.2. The van der Waals surface area contributed by atoms with Gasteiger partial charge < -0.3 is 16.0 Å². The number of hydrogen-bond donors (Lipinski definition) is 2. The first-order valence-corrected chi connectivity index (χ1v) is 6.50. The van der Waals surface area contributed by atoms with E-state index in [0.29, 0.717) is 28.8 Å². The minimum atomic E-state index is -0.174. The lowest BCUT2D eigenvalue weighted by Crippen LogP contribution is -2.35. The fourth-order valence-electron chi connectivity index (χ4n) is 1.92. The third-order valence-electron chi connectivity index (χ3n) is 3.07. The molecule has 6 heteroatoms. The number of carbonyl (C=O) groups is 1. The highest BCUT2D eigenvalue weighted by Gasteiger charge is 2.24. The molecule has 98 valence electrons. The zero-order valence-electron chi connectivity index (χ0n) is 10.0. The van der Waals surface area contributed by atoms with Crippen molar-refractivity contribution in [3.63, 3.8) is 0 Å². The highest BCUT2D eigenvalue weighted by molar-refractivity contribution is 6.38. The Kier molecular flexibility index (Phi) is 4.00. The van der Waals surface area contributed by atoms with Crippen molar-refractivity contribution >= 4 is 34.9 Å². The van der Waals surface area contributed by atoms with Gasteiger partial charge in [0, 0.05) is 24.2 Å². The van der Waals surface area contributed by atoms with Gasteiger partial charge in [0.15, 0.2) is 0 Å². The Morgan fingerprint density at radius 3 is 2.83 bits per heavy atom. The van der Waals surface area contributed by atoms with Crippen LogP contribution < -0.4 is 11.1 Å². The van der Waals surface area contributed by atoms with Gasteiger partial charge >= 0.3 is 6.03 Å². The summed E-state index contributed by atoms with van der Waals surface area (Å²) in [5.74, 6) is 0. The molecule has 1 atom stereocenters. The van der Waals surface area contributed by atoms with E-state index in [1.165, 1.54) is 0 Å². The van der Waals surface area contributed by atoms with Crippen LogP contribution in [-0.2, 0) is 0 Å². The zero-order chi connectivity index (χ0) is 13.3. The number of halogens is 2. The third-order valence-corrected chi connectivity index (χ3v) is 3.97. The van der Waals surface area contributed by atoms with Crippen molar-refractivity contribution in [3.05, 3.63) is 27.7 Å². The van der Waals surface area contributed by atoms with Gasteiger partial charge in [-0.2, -0.15) is 0 Å². The molecule has 0 unspecified atom stereocenters. The molecule has 3 N–H and O–H groups in total. The summed E-state index contributed by atoms with van der Waals surface area (Å²) in [6.07, 6.45) is 0.834. The van der Waals surface area contributed by atoms with E-state index in [9.17, 15) is 4.79 Å². The van der Waals surface area contributed by atoms with Crippen LogP contribution in [0.1, 0.15) is 12.0 Å². The fraction of sp³-hybridized carbons (Fsp3) is 0.417. The number of nitrogens with two attached hydrogens (primary N) is 1. The van der Waals surface area contributed by atoms with Crippen LogP contribution in [0.4, 0.5) is 10.5 Å². The summed E-state index contributed by atoms with van der Waals surface area (Å²) in [4.78, 5) is 13.7. The normalized spacial score (nSPS) is 19.1. The molecule has 18 heavy (non-hydrogen) atoms. The van der Waals surface area contributed by atoms with E-state index in [-0.39, 0.29) is 12.1 Å². The van der Waals surface area contributed by atoms with Crippen LogP contribution in [0.2, 0.25) is 10.0 Å². The van der Waals surface area contributed by atoms with E-state index >= 15 is 0 Å². The molecule has 1 fully saturated rings. The van der Waals surface area contributed by atoms with E-state index in [2.05, 4.69) is 5.32 Å². The SMILES string of the molecule is Cc1c(Cl)ccc(NC(=O)N2CC[C@@H](N)C2)c1Cl. The van der Waals surface area contributed by atoms with Gasteiger partial charge in [0.25, 0.3) is 0 Å². The Morgan fingerprint density at radius 1 is 1.50 bits per heavy atom. The molecule has 0 aliphatic carbocycles. The lowest BCUT2D eigenvalue weighted by molar-refractivity contribution is 0.222. The Hall–Kier alpha value is -0.970. The van der Waals surface area contributed by atoms with E-state index in [0.717, 1.165) is 12.0 Å². The molecule has 1 aliphatic rings. The first-order valence-electron chi connectivity index (χ1n) is 5.75. The van der Waals surface area contributed by atoms with Crippen LogP contribution in [0, 0.1) is 6.92 Å². The Morgan fingerprint density at radius 2 is 2.22 bits per heavy atom. The Bertz CT molecular complexity index is 479. The van der Waals surface area contributed by atoms with Gasteiger partial charge in [0.1, 0.15) is 0 Å². The van der Waals surface area contributed by atoms with Crippen molar-refractivity contribution in [1.29, 1.82) is 0 Å². The van der Waals surface area contributed by atoms with Gasteiger partial charge in [-0.05, 0) is 31.0 Å². The van der Waals surface area contributed by atoms with Crippen LogP contribution in [0.5, 0.6) is 0 Å². The maximum Gasteiger partial charge on any atom is 0.321 e. The zero-order valence-corrected chi connectivity index (χ0v) is 11.6. The number of amides is 2. The van der Waals surface area contributed by atoms with Gasteiger partial charge in [-0.1, -0.05) is 23.2 Å². The number of likely N-dealkylation sites (tertiary alicyclic amines) is 1. The number of rotatable bonds is 1. The van der Waals surface area contributed by atoms with Gasteiger partial charge in [-0.25, -0.2) is 4.79 Å². The number of urea groups is 1. The number of nitrogens with zero attached hydrogens (tertiary/aromatic N) is 1. The van der Waals surface area contributed by atoms with Crippen LogP contribution in [0.25, 0.3) is 0 Å². The average molecular weight is 288 g/mol. The highest BCUT2D eigenvalue weighted by Crippen LogP contribution is 2.31. The molecule has 1 aromatic carbocycles. The molecule has 1 aliphatic heterocycles. The molecule has 0 saturated carbocycles. The molecular formula is C12H15Cl2N3O. The first-order chi connectivity index (χ1) is 8.49. The summed E-state index contributed by atoms with van der Waals surface area (Å²) in [5.41, 5.74) is 7.10. The number of anilines is 1. The van der Waals surface area contributed by atoms with Crippen molar-refractivity contribution in [3.8, 4) is 0 Å². The summed E-state index contributed by atoms with van der Waals surface area (Å²) in [6.45, 7) is 3.07. The standard InChI is InChI=1S/C12H15Cl2N3O/c1-7-9(13)2-3-10(11(7)14)16-12(18)17-5-4-8(15)6-17/h2-3,8H,4-6,15H2,1H3,(H,16,18)/t8-/m1/s1. The van der Waals surface area contributed by atoms with Gasteiger partial charge in [0.05, 0.1) is 10.7 Å². The topological polar surface area (TPSA) is 58.4 Å². The monoisotopic (exact) mass is 287 g/mol. The molecular weight excluding hydrogens is 273 g/mol. The van der Waals surface area contributed by atoms with Crippen LogP contribution in [0.15, 0.2) is 12.1 Å². The Labute approximate surface area is 116 Å². The van der Waals surface area contributed by atoms with Crippen LogP contribution in [-0.4, -0.2) is 30.1 Å². The molecule has 4 nitrogen and oxygen atoms in total. The molecule has 0 radical (unpaired) electrons. The molecule has 0 spiro atoms. The summed E-state index contributed by atoms with van der Waals surface area (Å²) in [5, 5.41) is 3.84. The Balaban J connectivity index is 2.10. The maximum atomic E-state index is 12.0. The van der Waals surface area contributed by atoms with Gasteiger partial charge in [-0.3, -0.25) is 0 Å². The third kappa shape index (κ3) is 2.71. The predicted molar refractivity (Wildman–Crippen MR) is 74.4 cm³/mol. The molecule has 2 rings (SSSR count). The smallest absolute Gasteiger partial charge is 0.321 e. The summed E-state index contributed by atoms with van der Waals surface area (Å²) < 4.78 is 0. The highest BCUT2D eigenvalue weighted by atomic mass is 35.5. The van der Waals surface area contributed by atoms with Crippen molar-refractivity contribution in [2.24, 2.45) is 5.73 Å². The number of hydrogen-bond acceptors (Lipinski definition) is 2. The predicted octanol–water partition coefficient (Wildman–Crippen LogP) is 2.87. The first kappa shape index (κ1) is 13.5. The van der Waals surface area contributed by atoms with E-state index < -0.39 is 0 Å². The van der Waals surface area contributed by atoms with Crippen LogP contribution in [0.3, 0.4) is 0 Å². The molecule has 1 aromatic rings. The van der Waals surface area contributed by atoms with Crippen molar-refractivity contribution in [2.45, 2.75) is 19.4 Å². The van der Waals surface area contributed by atoms with E-state index in [4.69, 9.17) is 28.9 Å². The van der Waals surface area contributed by atoms with E-state index in [1.54, 1.807) is 17.0 Å². The average Bonchev–Trinajstić information content (AvgIpc) is 2.77. The van der Waals surface area contributed by atoms with E-state index in [1.807, 2.05) is 6.92 Å². The fourth-order valence-corrected chi connectivity index (χ4v) is 2.34. The molecule has 2 amide bonds. The largest absolute Gasteiger partial charge is 0.326 e. The molecule has 0 bridgehead atoms. The summed E-state index contributed by atoms with van der Waals surface area (Å²) in [7, 11) is 0. The van der Waals surface area contributed by atoms with Crippen molar-refractivity contribution < 1.29 is 4.79 Å². The second-order valence-corrected chi connectivity index (χ2v) is 5.24. The van der Waals surface area contributed by atoms with Gasteiger partial charge in [0.2, 0.25) is 0 Å². The number of benzene rings is 1. The van der Waals surface area contributed by atoms with Crippen molar-refractivity contribution in [2.75, 3.05) is 18.4 Å². The number of nitrogens with one attached hydrogen (secondary N) is 1. The van der Waals surface area contributed by atoms with Gasteiger partial charge in [-0.15, -0.1) is 0 Å². The van der Waals surface area contributed by atoms with Crippen molar-refractivity contribution in [1.82, 2.24) is 4.90 Å². The quantitative estimate of drug-likeness (QED) is 0.834. The minimum Gasteiger partial charge on any atom is -0.326 e.